The molecule has 0 aromatic heterocycles. The van der Waals surface area contributed by atoms with Crippen LogP contribution in [-0.2, 0) is 19.7 Å². The summed E-state index contributed by atoms with van der Waals surface area (Å²) in [7, 11) is -3.67. The van der Waals surface area contributed by atoms with E-state index in [1.165, 1.54) is 0 Å². The number of carboxylic acids is 2. The molecule has 0 aliphatic rings. The predicted molar refractivity (Wildman–Crippen MR) is 43.4 cm³/mol. The maximum atomic E-state index is 9.72. The summed E-state index contributed by atoms with van der Waals surface area (Å²) < 4.78 is 25.9. The van der Waals surface area contributed by atoms with Gasteiger partial charge in [-0.1, -0.05) is 0 Å². The molecule has 0 aromatic carbocycles. The minimum absolute atomic E-state index is 0.715. The normalized spacial score (nSPS) is 12.2. The van der Waals surface area contributed by atoms with Crippen LogP contribution in [0, 0.1) is 0 Å². The second kappa shape index (κ2) is 6.29. The Morgan fingerprint density at radius 3 is 1.64 bits per heavy atom. The Morgan fingerprint density at radius 2 is 1.57 bits per heavy atom. The first kappa shape index (κ1) is 15.3. The van der Waals surface area contributed by atoms with E-state index in [1.807, 2.05) is 0 Å². The number of carboxylic acid groups (broad SMARTS) is 2. The van der Waals surface area contributed by atoms with E-state index >= 15 is 0 Å². The van der Waals surface area contributed by atoms with Crippen molar-refractivity contribution < 1.29 is 37.9 Å². The van der Waals surface area contributed by atoms with Gasteiger partial charge in [0.05, 0.1) is 12.7 Å². The summed E-state index contributed by atoms with van der Waals surface area (Å²) in [4.78, 5) is 19.4. The third-order valence-corrected chi connectivity index (χ3v) is 0.653. The fraction of sp³-hybridized carbons (Fsp3) is 0.600. The van der Waals surface area contributed by atoms with Gasteiger partial charge in [0.25, 0.3) is 10.1 Å². The number of hydrogen-bond acceptors (Lipinski definition) is 5. The zero-order valence-electron chi connectivity index (χ0n) is 7.11. The molecule has 84 valence electrons. The molecule has 0 rings (SSSR count). The van der Waals surface area contributed by atoms with Gasteiger partial charge in [0.1, 0.15) is 0 Å². The summed E-state index contributed by atoms with van der Waals surface area (Å²) in [6, 6.07) is 0. The Balaban J connectivity index is 0. The van der Waals surface area contributed by atoms with E-state index < -0.39 is 34.6 Å². The van der Waals surface area contributed by atoms with Crippen molar-refractivity contribution in [2.24, 2.45) is 0 Å². The summed E-state index contributed by atoms with van der Waals surface area (Å²) in [5.74, 6) is -2.85. The zero-order chi connectivity index (χ0) is 11.9. The molecular formula is C5H10O8S. The van der Waals surface area contributed by atoms with Gasteiger partial charge in [-0.25, -0.2) is 4.79 Å². The monoisotopic (exact) mass is 230 g/mol. The van der Waals surface area contributed by atoms with Gasteiger partial charge in [-0.15, -0.1) is 0 Å². The summed E-state index contributed by atoms with van der Waals surface area (Å²) in [6.45, 7) is 0. The first-order chi connectivity index (χ1) is 6.04. The van der Waals surface area contributed by atoms with Crippen molar-refractivity contribution in [1.29, 1.82) is 0 Å². The molecule has 0 aliphatic carbocycles. The molecule has 8 nitrogen and oxygen atoms in total. The van der Waals surface area contributed by atoms with E-state index in [0.717, 1.165) is 0 Å². The van der Waals surface area contributed by atoms with Gasteiger partial charge in [-0.3, -0.25) is 9.35 Å². The third-order valence-electron chi connectivity index (χ3n) is 0.653. The van der Waals surface area contributed by atoms with Gasteiger partial charge in [-0.05, 0) is 0 Å². The van der Waals surface area contributed by atoms with E-state index in [1.54, 1.807) is 0 Å². The number of hydrogen-bond donors (Lipinski definition) is 4. The Kier molecular flexibility index (Phi) is 6.87. The molecule has 0 amide bonds. The second-order valence-electron chi connectivity index (χ2n) is 2.18. The quantitative estimate of drug-likeness (QED) is 0.424. The van der Waals surface area contributed by atoms with Gasteiger partial charge in [-0.2, -0.15) is 8.42 Å². The maximum Gasteiger partial charge on any atom is 0.333 e. The van der Waals surface area contributed by atoms with E-state index in [4.69, 9.17) is 19.9 Å². The highest BCUT2D eigenvalue weighted by Gasteiger charge is 2.16. The first-order valence-electron chi connectivity index (χ1n) is 3.09. The van der Waals surface area contributed by atoms with Crippen molar-refractivity contribution in [2.45, 2.75) is 12.5 Å². The number of aliphatic hydroxyl groups is 1. The van der Waals surface area contributed by atoms with Gasteiger partial charge < -0.3 is 15.3 Å². The fourth-order valence-electron chi connectivity index (χ4n) is 0.253. The summed E-state index contributed by atoms with van der Waals surface area (Å²) in [6.07, 6.45) is -1.83. The molecule has 0 saturated heterocycles. The van der Waals surface area contributed by atoms with Crippen LogP contribution in [0.15, 0.2) is 0 Å². The molecule has 4 N–H and O–H groups in total. The van der Waals surface area contributed by atoms with Crippen molar-refractivity contribution in [3.63, 3.8) is 0 Å². The highest BCUT2D eigenvalue weighted by molar-refractivity contribution is 7.85. The van der Waals surface area contributed by atoms with Gasteiger partial charge in [0.2, 0.25) is 0 Å². The van der Waals surface area contributed by atoms with Gasteiger partial charge >= 0.3 is 11.9 Å². The molecule has 0 aromatic rings. The van der Waals surface area contributed by atoms with Gasteiger partial charge in [0.15, 0.2) is 6.10 Å². The molecule has 0 saturated carbocycles. The van der Waals surface area contributed by atoms with Crippen LogP contribution >= 0.6 is 0 Å². The van der Waals surface area contributed by atoms with E-state index in [-0.39, 0.29) is 0 Å². The van der Waals surface area contributed by atoms with Crippen LogP contribution in [0.3, 0.4) is 0 Å². The molecule has 1 atom stereocenters. The third kappa shape index (κ3) is 22.4. The van der Waals surface area contributed by atoms with Crippen LogP contribution in [0.25, 0.3) is 0 Å². The Labute approximate surface area is 79.5 Å². The summed E-state index contributed by atoms with van der Waals surface area (Å²) >= 11 is 0. The average molecular weight is 230 g/mol. The van der Waals surface area contributed by atoms with E-state index in [0.29, 0.717) is 6.26 Å². The maximum absolute atomic E-state index is 9.72. The smallest absolute Gasteiger partial charge is 0.333 e. The SMILES string of the molecule is CS(=O)(=O)O.O=C(O)CC(O)C(=O)O. The number of carbonyl (C=O) groups is 2. The van der Waals surface area contributed by atoms with Crippen LogP contribution in [0.5, 0.6) is 0 Å². The Bertz CT molecular complexity index is 283. The first-order valence-corrected chi connectivity index (χ1v) is 4.94. The van der Waals surface area contributed by atoms with Crippen molar-refractivity contribution in [2.75, 3.05) is 6.26 Å². The minimum atomic E-state index is -3.67. The van der Waals surface area contributed by atoms with Crippen LogP contribution in [0.4, 0.5) is 0 Å². The molecule has 0 bridgehead atoms. The van der Waals surface area contributed by atoms with Crippen molar-refractivity contribution in [1.82, 2.24) is 0 Å². The highest BCUT2D eigenvalue weighted by Crippen LogP contribution is 1.89. The van der Waals surface area contributed by atoms with Crippen molar-refractivity contribution in [3.8, 4) is 0 Å². The Hall–Kier alpha value is -1.19. The molecule has 9 heteroatoms. The number of aliphatic hydroxyl groups excluding tert-OH is 1. The zero-order valence-corrected chi connectivity index (χ0v) is 7.93. The van der Waals surface area contributed by atoms with Crippen LogP contribution < -0.4 is 0 Å². The molecule has 14 heavy (non-hydrogen) atoms. The molecule has 0 aliphatic heterocycles. The van der Waals surface area contributed by atoms with Gasteiger partial charge in [0, 0.05) is 0 Å². The molecule has 0 spiro atoms. The Morgan fingerprint density at radius 1 is 1.29 bits per heavy atom. The lowest BCUT2D eigenvalue weighted by Crippen LogP contribution is -2.22. The highest BCUT2D eigenvalue weighted by atomic mass is 32.2. The topological polar surface area (TPSA) is 149 Å². The lowest BCUT2D eigenvalue weighted by atomic mass is 10.3. The second-order valence-corrected chi connectivity index (χ2v) is 3.65. The van der Waals surface area contributed by atoms with Crippen molar-refractivity contribution in [3.05, 3.63) is 0 Å². The molecule has 0 heterocycles. The average Bonchev–Trinajstić information content (AvgIpc) is 1.80. The minimum Gasteiger partial charge on any atom is -0.481 e. The summed E-state index contributed by atoms with van der Waals surface area (Å²) in [5, 5.41) is 24.1. The van der Waals surface area contributed by atoms with Crippen LogP contribution in [0.2, 0.25) is 0 Å². The standard InChI is InChI=1S/C4H6O5.CH4O3S/c5-2(4(8)9)1-3(6)7;1-5(2,3)4/h2,5H,1H2,(H,6,7)(H,8,9);1H3,(H,2,3,4). The fourth-order valence-corrected chi connectivity index (χ4v) is 0.253. The molecule has 0 radical (unpaired) electrons. The summed E-state index contributed by atoms with van der Waals surface area (Å²) in [5.41, 5.74) is 0. The van der Waals surface area contributed by atoms with Crippen LogP contribution in [0.1, 0.15) is 6.42 Å². The molecular weight excluding hydrogens is 220 g/mol. The van der Waals surface area contributed by atoms with E-state index in [2.05, 4.69) is 0 Å². The number of rotatable bonds is 3. The number of aliphatic carboxylic acids is 2. The lowest BCUT2D eigenvalue weighted by Gasteiger charge is -1.97. The lowest BCUT2D eigenvalue weighted by molar-refractivity contribution is -0.152. The predicted octanol–water partition coefficient (Wildman–Crippen LogP) is -1.59. The van der Waals surface area contributed by atoms with E-state index in [9.17, 15) is 18.0 Å². The van der Waals surface area contributed by atoms with Crippen LogP contribution in [-0.4, -0.2) is 52.6 Å². The van der Waals surface area contributed by atoms with Crippen molar-refractivity contribution >= 4 is 22.1 Å². The molecule has 1 unspecified atom stereocenters. The molecule has 0 fully saturated rings. The largest absolute Gasteiger partial charge is 0.481 e.